The van der Waals surface area contributed by atoms with Gasteiger partial charge in [0.15, 0.2) is 0 Å². The summed E-state index contributed by atoms with van der Waals surface area (Å²) in [6.07, 6.45) is 1.32. The van der Waals surface area contributed by atoms with Crippen LogP contribution in [0.3, 0.4) is 0 Å². The minimum Gasteiger partial charge on any atom is -0.462 e. The fourth-order valence-corrected chi connectivity index (χ4v) is 3.87. The molecular weight excluding hydrogens is 402 g/mol. The largest absolute Gasteiger partial charge is 0.462 e. The molecule has 0 aliphatic carbocycles. The van der Waals surface area contributed by atoms with Crippen LogP contribution >= 0.6 is 22.9 Å². The molecule has 3 rings (SSSR count). The molecule has 1 N–H and O–H groups in total. The molecule has 0 spiro atoms. The van der Waals surface area contributed by atoms with E-state index < -0.39 is 12.0 Å². The average molecular weight is 420 g/mol. The molecule has 0 radical (unpaired) electrons. The number of aryl methyl sites for hydroxylation is 1. The number of amides is 1. The zero-order valence-electron chi connectivity index (χ0n) is 15.5. The summed E-state index contributed by atoms with van der Waals surface area (Å²) in [4.78, 5) is 42.7. The molecular formula is C19H18ClN3O4S. The highest BCUT2D eigenvalue weighted by Gasteiger charge is 2.23. The predicted octanol–water partition coefficient (Wildman–Crippen LogP) is 3.80. The Balaban J connectivity index is 1.94. The second kappa shape index (κ2) is 8.12. The van der Waals surface area contributed by atoms with Crippen LogP contribution in [0.1, 0.15) is 35.1 Å². The highest BCUT2D eigenvalue weighted by Crippen LogP contribution is 2.28. The summed E-state index contributed by atoms with van der Waals surface area (Å²) in [6, 6.07) is 5.86. The molecule has 1 amide bonds. The lowest BCUT2D eigenvalue weighted by Gasteiger charge is -2.15. The Bertz CT molecular complexity index is 1100. The Morgan fingerprint density at radius 1 is 1.32 bits per heavy atom. The molecule has 0 saturated heterocycles. The number of thiophene rings is 1. The second-order valence-corrected chi connectivity index (χ2v) is 7.52. The first-order valence-corrected chi connectivity index (χ1v) is 9.76. The summed E-state index contributed by atoms with van der Waals surface area (Å²) >= 11 is 6.95. The second-order valence-electron chi connectivity index (χ2n) is 6.09. The van der Waals surface area contributed by atoms with E-state index >= 15 is 0 Å². The third-order valence-electron chi connectivity index (χ3n) is 4.25. The van der Waals surface area contributed by atoms with Crippen LogP contribution in [0.2, 0.25) is 5.02 Å². The summed E-state index contributed by atoms with van der Waals surface area (Å²) < 4.78 is 6.28. The lowest BCUT2D eigenvalue weighted by atomic mass is 10.2. The fourth-order valence-electron chi connectivity index (χ4n) is 2.71. The van der Waals surface area contributed by atoms with Crippen molar-refractivity contribution in [1.82, 2.24) is 9.55 Å². The molecule has 2 aromatic heterocycles. The number of hydrogen-bond donors (Lipinski definition) is 1. The number of carbonyl (C=O) groups is 2. The van der Waals surface area contributed by atoms with E-state index in [2.05, 4.69) is 10.3 Å². The van der Waals surface area contributed by atoms with Crippen molar-refractivity contribution in [2.45, 2.75) is 26.8 Å². The molecule has 1 aromatic carbocycles. The zero-order chi connectivity index (χ0) is 20.4. The van der Waals surface area contributed by atoms with E-state index in [0.717, 1.165) is 11.3 Å². The summed E-state index contributed by atoms with van der Waals surface area (Å²) in [6.45, 7) is 5.24. The molecule has 1 unspecified atom stereocenters. The van der Waals surface area contributed by atoms with Crippen molar-refractivity contribution in [2.24, 2.45) is 0 Å². The first-order chi connectivity index (χ1) is 13.3. The van der Waals surface area contributed by atoms with Crippen molar-refractivity contribution >= 4 is 50.7 Å². The van der Waals surface area contributed by atoms with Gasteiger partial charge in [0.1, 0.15) is 15.7 Å². The Labute approximate surface area is 169 Å². The number of hydrogen-bond acceptors (Lipinski definition) is 6. The number of benzene rings is 1. The van der Waals surface area contributed by atoms with E-state index in [9.17, 15) is 14.4 Å². The molecule has 2 heterocycles. The van der Waals surface area contributed by atoms with E-state index in [1.165, 1.54) is 10.9 Å². The maximum atomic E-state index is 13.0. The monoisotopic (exact) mass is 419 g/mol. The van der Waals surface area contributed by atoms with Gasteiger partial charge < -0.3 is 10.1 Å². The van der Waals surface area contributed by atoms with Crippen LogP contribution in [0, 0.1) is 6.92 Å². The highest BCUT2D eigenvalue weighted by atomic mass is 35.5. The van der Waals surface area contributed by atoms with E-state index in [-0.39, 0.29) is 18.1 Å². The molecule has 0 bridgehead atoms. The van der Waals surface area contributed by atoms with Gasteiger partial charge in [0.05, 0.1) is 18.3 Å². The first-order valence-electron chi connectivity index (χ1n) is 8.57. The lowest BCUT2D eigenvalue weighted by Crippen LogP contribution is -2.31. The number of ether oxygens (including phenoxy) is 1. The minimum atomic E-state index is -0.801. The van der Waals surface area contributed by atoms with Crippen molar-refractivity contribution < 1.29 is 14.3 Å². The van der Waals surface area contributed by atoms with Gasteiger partial charge >= 0.3 is 5.97 Å². The fraction of sp³-hybridized carbons (Fsp3) is 0.263. The van der Waals surface area contributed by atoms with Crippen molar-refractivity contribution in [1.29, 1.82) is 0 Å². The molecule has 1 atom stereocenters. The Morgan fingerprint density at radius 2 is 2.00 bits per heavy atom. The van der Waals surface area contributed by atoms with Crippen LogP contribution in [0.25, 0.3) is 10.2 Å². The number of fused-ring (bicyclic) bond motifs is 1. The number of aromatic nitrogens is 2. The predicted molar refractivity (Wildman–Crippen MR) is 109 cm³/mol. The first kappa shape index (κ1) is 20.0. The number of nitrogens with one attached hydrogen (secondary N) is 1. The molecule has 0 saturated carbocycles. The number of halogens is 1. The quantitative estimate of drug-likeness (QED) is 0.635. The Hall–Kier alpha value is -2.71. The van der Waals surface area contributed by atoms with E-state index in [4.69, 9.17) is 16.3 Å². The number of esters is 1. The molecule has 3 aromatic rings. The Morgan fingerprint density at radius 3 is 2.64 bits per heavy atom. The van der Waals surface area contributed by atoms with E-state index in [1.54, 1.807) is 45.0 Å². The van der Waals surface area contributed by atoms with E-state index in [0.29, 0.717) is 31.4 Å². The van der Waals surface area contributed by atoms with Gasteiger partial charge in [0.25, 0.3) is 5.56 Å². The highest BCUT2D eigenvalue weighted by molar-refractivity contribution is 7.20. The van der Waals surface area contributed by atoms with Gasteiger partial charge in [-0.05, 0) is 50.6 Å². The molecule has 7 nitrogen and oxygen atoms in total. The smallest absolute Gasteiger partial charge is 0.348 e. The number of rotatable bonds is 5. The summed E-state index contributed by atoms with van der Waals surface area (Å²) in [5.74, 6) is -0.855. The summed E-state index contributed by atoms with van der Waals surface area (Å²) in [5, 5.41) is 3.62. The average Bonchev–Trinajstić information content (AvgIpc) is 3.01. The molecule has 0 aliphatic rings. The third-order valence-corrected chi connectivity index (χ3v) is 5.68. The molecule has 146 valence electrons. The number of carbonyl (C=O) groups excluding carboxylic acids is 2. The van der Waals surface area contributed by atoms with Gasteiger partial charge in [-0.15, -0.1) is 11.3 Å². The Kier molecular flexibility index (Phi) is 5.81. The van der Waals surface area contributed by atoms with Gasteiger partial charge in [-0.1, -0.05) is 11.6 Å². The van der Waals surface area contributed by atoms with Gasteiger partial charge in [0.2, 0.25) is 5.91 Å². The maximum Gasteiger partial charge on any atom is 0.348 e. The zero-order valence-corrected chi connectivity index (χ0v) is 17.1. The molecule has 0 aliphatic heterocycles. The SMILES string of the molecule is CCOC(=O)c1sc2ncn(C(C)C(=O)Nc3ccc(Cl)cc3)c(=O)c2c1C. The number of nitrogens with zero attached hydrogens (tertiary/aromatic N) is 2. The normalized spacial score (nSPS) is 12.0. The molecule has 9 heteroatoms. The standard InChI is InChI=1S/C19H18ClN3O4S/c1-4-27-19(26)15-10(2)14-17(28-15)21-9-23(18(14)25)11(3)16(24)22-13-7-5-12(20)6-8-13/h5-9,11H,4H2,1-3H3,(H,22,24). The van der Waals surface area contributed by atoms with E-state index in [1.807, 2.05) is 0 Å². The lowest BCUT2D eigenvalue weighted by molar-refractivity contribution is -0.118. The van der Waals surface area contributed by atoms with Crippen molar-refractivity contribution in [3.63, 3.8) is 0 Å². The van der Waals surface area contributed by atoms with Crippen LogP contribution in [-0.4, -0.2) is 28.0 Å². The van der Waals surface area contributed by atoms with Crippen molar-refractivity contribution in [3.8, 4) is 0 Å². The van der Waals surface area contributed by atoms with Gasteiger partial charge in [-0.3, -0.25) is 14.2 Å². The summed E-state index contributed by atoms with van der Waals surface area (Å²) in [7, 11) is 0. The van der Waals surface area contributed by atoms with Crippen molar-refractivity contribution in [3.05, 3.63) is 56.4 Å². The maximum absolute atomic E-state index is 13.0. The third kappa shape index (κ3) is 3.79. The molecule has 28 heavy (non-hydrogen) atoms. The van der Waals surface area contributed by atoms with Crippen LogP contribution in [0.15, 0.2) is 35.4 Å². The van der Waals surface area contributed by atoms with Crippen molar-refractivity contribution in [2.75, 3.05) is 11.9 Å². The van der Waals surface area contributed by atoms with Gasteiger partial charge in [-0.2, -0.15) is 0 Å². The minimum absolute atomic E-state index is 0.242. The van der Waals surface area contributed by atoms with Crippen LogP contribution in [0.4, 0.5) is 5.69 Å². The summed E-state index contributed by atoms with van der Waals surface area (Å²) in [5.41, 5.74) is 0.698. The topological polar surface area (TPSA) is 90.3 Å². The van der Waals surface area contributed by atoms with Crippen LogP contribution < -0.4 is 10.9 Å². The molecule has 0 fully saturated rings. The van der Waals surface area contributed by atoms with Gasteiger partial charge in [0, 0.05) is 10.7 Å². The number of anilines is 1. The van der Waals surface area contributed by atoms with Crippen LogP contribution in [-0.2, 0) is 9.53 Å². The van der Waals surface area contributed by atoms with Gasteiger partial charge in [-0.25, -0.2) is 9.78 Å². The van der Waals surface area contributed by atoms with Crippen LogP contribution in [0.5, 0.6) is 0 Å².